The van der Waals surface area contributed by atoms with E-state index in [2.05, 4.69) is 6.58 Å². The molecule has 1 heteroatoms. The van der Waals surface area contributed by atoms with Gasteiger partial charge in [0.05, 0.1) is 5.76 Å². The molecule has 0 aliphatic rings. The Kier molecular flexibility index (Phi) is 5.31. The molecular weight excluding hydrogens is 184 g/mol. The van der Waals surface area contributed by atoms with Crippen LogP contribution in [0.1, 0.15) is 26.2 Å². The Bertz CT molecular complexity index is 311. The van der Waals surface area contributed by atoms with Gasteiger partial charge in [-0.05, 0) is 38.0 Å². The average molecular weight is 202 g/mol. The van der Waals surface area contributed by atoms with Crippen LogP contribution in [0.4, 0.5) is 0 Å². The van der Waals surface area contributed by atoms with Gasteiger partial charge in [-0.15, -0.1) is 6.58 Å². The molecule has 0 N–H and O–H groups in total. The highest BCUT2D eigenvalue weighted by Crippen LogP contribution is 2.16. The van der Waals surface area contributed by atoms with Crippen LogP contribution in [0.15, 0.2) is 54.8 Å². The lowest BCUT2D eigenvalue weighted by Gasteiger charge is -2.08. The van der Waals surface area contributed by atoms with Crippen LogP contribution in [0, 0.1) is 0 Å². The SMILES string of the molecule is C=CCCCC(=CC)Oc1ccccc1. The summed E-state index contributed by atoms with van der Waals surface area (Å²) in [7, 11) is 0. The smallest absolute Gasteiger partial charge is 0.126 e. The van der Waals surface area contributed by atoms with E-state index in [9.17, 15) is 0 Å². The number of unbranched alkanes of at least 4 members (excludes halogenated alkanes) is 1. The van der Waals surface area contributed by atoms with Crippen LogP contribution in [-0.2, 0) is 0 Å². The summed E-state index contributed by atoms with van der Waals surface area (Å²) < 4.78 is 5.74. The molecule has 0 spiro atoms. The van der Waals surface area contributed by atoms with E-state index in [4.69, 9.17) is 4.74 Å². The van der Waals surface area contributed by atoms with E-state index >= 15 is 0 Å². The van der Waals surface area contributed by atoms with E-state index in [0.717, 1.165) is 30.8 Å². The molecule has 1 rings (SSSR count). The highest BCUT2D eigenvalue weighted by atomic mass is 16.5. The number of rotatable bonds is 6. The fourth-order valence-corrected chi connectivity index (χ4v) is 1.31. The molecule has 0 saturated carbocycles. The molecule has 0 bridgehead atoms. The minimum atomic E-state index is 0.907. The lowest BCUT2D eigenvalue weighted by molar-refractivity contribution is 0.398. The molecule has 0 radical (unpaired) electrons. The molecule has 1 nitrogen and oxygen atoms in total. The number of hydrogen-bond donors (Lipinski definition) is 0. The van der Waals surface area contributed by atoms with Crippen LogP contribution in [0.2, 0.25) is 0 Å². The van der Waals surface area contributed by atoms with Gasteiger partial charge in [0.1, 0.15) is 5.75 Å². The molecular formula is C14H18O. The predicted molar refractivity (Wildman–Crippen MR) is 64.9 cm³/mol. The van der Waals surface area contributed by atoms with Gasteiger partial charge < -0.3 is 4.74 Å². The second-order valence-corrected chi connectivity index (χ2v) is 3.35. The molecule has 0 heterocycles. The van der Waals surface area contributed by atoms with Gasteiger partial charge in [0.25, 0.3) is 0 Å². The van der Waals surface area contributed by atoms with Crippen molar-refractivity contribution in [2.75, 3.05) is 0 Å². The minimum absolute atomic E-state index is 0.907. The summed E-state index contributed by atoms with van der Waals surface area (Å²) in [4.78, 5) is 0. The number of ether oxygens (including phenoxy) is 1. The summed E-state index contributed by atoms with van der Waals surface area (Å²) in [5.41, 5.74) is 0. The Hall–Kier alpha value is -1.50. The zero-order chi connectivity index (χ0) is 10.9. The lowest BCUT2D eigenvalue weighted by Crippen LogP contribution is -1.94. The normalized spacial score (nSPS) is 11.1. The fourth-order valence-electron chi connectivity index (χ4n) is 1.31. The van der Waals surface area contributed by atoms with Gasteiger partial charge in [-0.3, -0.25) is 0 Å². The molecule has 80 valence electrons. The van der Waals surface area contributed by atoms with E-state index in [1.165, 1.54) is 0 Å². The van der Waals surface area contributed by atoms with Gasteiger partial charge in [-0.25, -0.2) is 0 Å². The first-order valence-electron chi connectivity index (χ1n) is 5.36. The third kappa shape index (κ3) is 4.50. The largest absolute Gasteiger partial charge is 0.462 e. The molecule has 0 saturated heterocycles. The maximum Gasteiger partial charge on any atom is 0.126 e. The molecule has 0 aromatic heterocycles. The van der Waals surface area contributed by atoms with Gasteiger partial charge in [-0.2, -0.15) is 0 Å². The summed E-state index contributed by atoms with van der Waals surface area (Å²) in [5.74, 6) is 1.94. The van der Waals surface area contributed by atoms with Crippen molar-refractivity contribution in [2.45, 2.75) is 26.2 Å². The van der Waals surface area contributed by atoms with Crippen molar-refractivity contribution in [3.63, 3.8) is 0 Å². The molecule has 0 atom stereocenters. The van der Waals surface area contributed by atoms with E-state index in [1.807, 2.05) is 49.4 Å². The van der Waals surface area contributed by atoms with E-state index < -0.39 is 0 Å². The van der Waals surface area contributed by atoms with Crippen LogP contribution in [0.3, 0.4) is 0 Å². The zero-order valence-electron chi connectivity index (χ0n) is 9.28. The van der Waals surface area contributed by atoms with Crippen LogP contribution in [0.25, 0.3) is 0 Å². The molecule has 0 unspecified atom stereocenters. The van der Waals surface area contributed by atoms with Crippen molar-refractivity contribution < 1.29 is 4.74 Å². The van der Waals surface area contributed by atoms with E-state index in [0.29, 0.717) is 0 Å². The van der Waals surface area contributed by atoms with Crippen molar-refractivity contribution in [3.8, 4) is 5.75 Å². The van der Waals surface area contributed by atoms with Crippen molar-refractivity contribution in [3.05, 3.63) is 54.8 Å². The molecule has 1 aromatic carbocycles. The van der Waals surface area contributed by atoms with Crippen LogP contribution in [0.5, 0.6) is 5.75 Å². The summed E-state index contributed by atoms with van der Waals surface area (Å²) in [5, 5.41) is 0. The van der Waals surface area contributed by atoms with Crippen molar-refractivity contribution >= 4 is 0 Å². The first-order chi connectivity index (χ1) is 7.36. The molecule has 0 aliphatic carbocycles. The second kappa shape index (κ2) is 6.88. The third-order valence-corrected chi connectivity index (χ3v) is 2.15. The maximum atomic E-state index is 5.74. The Morgan fingerprint density at radius 1 is 1.33 bits per heavy atom. The van der Waals surface area contributed by atoms with Gasteiger partial charge in [-0.1, -0.05) is 24.3 Å². The lowest BCUT2D eigenvalue weighted by atomic mass is 10.2. The molecule has 1 aromatic rings. The Labute approximate surface area is 92.1 Å². The number of benzene rings is 1. The first kappa shape index (κ1) is 11.6. The molecule has 0 amide bonds. The summed E-state index contributed by atoms with van der Waals surface area (Å²) in [6, 6.07) is 9.88. The van der Waals surface area contributed by atoms with Crippen LogP contribution >= 0.6 is 0 Å². The average Bonchev–Trinajstić information content (AvgIpc) is 2.29. The van der Waals surface area contributed by atoms with Gasteiger partial charge in [0.2, 0.25) is 0 Å². The third-order valence-electron chi connectivity index (χ3n) is 2.15. The quantitative estimate of drug-likeness (QED) is 0.379. The standard InChI is InChI=1S/C14H18O/c1-3-5-7-10-13(4-2)15-14-11-8-6-9-12-14/h3-4,6,8-9,11-12H,1,5,7,10H2,2H3. The Balaban J connectivity index is 2.44. The number of hydrogen-bond acceptors (Lipinski definition) is 1. The monoisotopic (exact) mass is 202 g/mol. The highest BCUT2D eigenvalue weighted by molar-refractivity contribution is 5.23. The van der Waals surface area contributed by atoms with E-state index in [-0.39, 0.29) is 0 Å². The first-order valence-corrected chi connectivity index (χ1v) is 5.36. The number of allylic oxidation sites excluding steroid dienone is 3. The second-order valence-electron chi connectivity index (χ2n) is 3.35. The highest BCUT2D eigenvalue weighted by Gasteiger charge is 1.98. The van der Waals surface area contributed by atoms with Crippen LogP contribution < -0.4 is 4.74 Å². The van der Waals surface area contributed by atoms with Gasteiger partial charge in [0.15, 0.2) is 0 Å². The Morgan fingerprint density at radius 3 is 2.67 bits per heavy atom. The zero-order valence-corrected chi connectivity index (χ0v) is 9.28. The summed E-state index contributed by atoms with van der Waals surface area (Å²) >= 11 is 0. The van der Waals surface area contributed by atoms with Crippen molar-refractivity contribution in [1.82, 2.24) is 0 Å². The molecule has 15 heavy (non-hydrogen) atoms. The number of para-hydroxylation sites is 1. The summed E-state index contributed by atoms with van der Waals surface area (Å²) in [6.07, 6.45) is 7.06. The predicted octanol–water partition coefficient (Wildman–Crippen LogP) is 4.33. The summed E-state index contributed by atoms with van der Waals surface area (Å²) in [6.45, 7) is 5.71. The van der Waals surface area contributed by atoms with Gasteiger partial charge in [0, 0.05) is 6.42 Å². The maximum absolute atomic E-state index is 5.74. The molecule has 0 aliphatic heterocycles. The Morgan fingerprint density at radius 2 is 2.07 bits per heavy atom. The van der Waals surface area contributed by atoms with Crippen LogP contribution in [-0.4, -0.2) is 0 Å². The fraction of sp³-hybridized carbons (Fsp3) is 0.286. The topological polar surface area (TPSA) is 9.23 Å². The van der Waals surface area contributed by atoms with Crippen molar-refractivity contribution in [2.24, 2.45) is 0 Å². The van der Waals surface area contributed by atoms with Gasteiger partial charge >= 0.3 is 0 Å². The minimum Gasteiger partial charge on any atom is -0.462 e. The van der Waals surface area contributed by atoms with E-state index in [1.54, 1.807) is 0 Å². The van der Waals surface area contributed by atoms with Crippen molar-refractivity contribution in [1.29, 1.82) is 0 Å². The molecule has 0 fully saturated rings.